The number of amides is 2. The number of benzene rings is 1. The highest BCUT2D eigenvalue weighted by molar-refractivity contribution is 6.07. The smallest absolute Gasteiger partial charge is 0.255 e. The van der Waals surface area contributed by atoms with E-state index in [1.54, 1.807) is 11.9 Å². The predicted molar refractivity (Wildman–Crippen MR) is 98.1 cm³/mol. The molecule has 134 valence electrons. The fourth-order valence-corrected chi connectivity index (χ4v) is 3.97. The van der Waals surface area contributed by atoms with Crippen molar-refractivity contribution >= 4 is 17.6 Å². The molecule has 0 unspecified atom stereocenters. The molecule has 0 saturated heterocycles. The second kappa shape index (κ2) is 6.98. The Kier molecular flexibility index (Phi) is 4.93. The van der Waals surface area contributed by atoms with Crippen LogP contribution in [0.25, 0.3) is 0 Å². The Morgan fingerprint density at radius 2 is 1.92 bits per heavy atom. The zero-order chi connectivity index (χ0) is 18.0. The van der Waals surface area contributed by atoms with Gasteiger partial charge in [-0.25, -0.2) is 0 Å². The molecule has 1 saturated carbocycles. The normalized spacial score (nSPS) is 26.0. The Morgan fingerprint density at radius 1 is 1.28 bits per heavy atom. The van der Waals surface area contributed by atoms with E-state index in [4.69, 9.17) is 0 Å². The van der Waals surface area contributed by atoms with E-state index in [0.29, 0.717) is 25.9 Å². The van der Waals surface area contributed by atoms with Gasteiger partial charge in [-0.15, -0.1) is 0 Å². The van der Waals surface area contributed by atoms with E-state index in [2.05, 4.69) is 17.1 Å². The number of carbonyl (C=O) groups is 2. The van der Waals surface area contributed by atoms with E-state index in [1.807, 2.05) is 36.9 Å². The second-order valence-corrected chi connectivity index (χ2v) is 7.17. The van der Waals surface area contributed by atoms with Crippen molar-refractivity contribution in [2.45, 2.75) is 51.6 Å². The predicted octanol–water partition coefficient (Wildman–Crippen LogP) is 2.85. The second-order valence-electron chi connectivity index (χ2n) is 7.17. The maximum absolute atomic E-state index is 12.9. The van der Waals surface area contributed by atoms with Gasteiger partial charge in [0.1, 0.15) is 11.4 Å². The van der Waals surface area contributed by atoms with Gasteiger partial charge in [0.25, 0.3) is 5.91 Å². The summed E-state index contributed by atoms with van der Waals surface area (Å²) in [6.07, 6.45) is 2.82. The van der Waals surface area contributed by atoms with E-state index in [-0.39, 0.29) is 17.7 Å². The van der Waals surface area contributed by atoms with Crippen LogP contribution in [0, 0.1) is 5.92 Å². The van der Waals surface area contributed by atoms with Gasteiger partial charge in [0, 0.05) is 26.1 Å². The van der Waals surface area contributed by atoms with E-state index in [9.17, 15) is 9.59 Å². The monoisotopic (exact) mass is 341 g/mol. The van der Waals surface area contributed by atoms with Gasteiger partial charge in [0.15, 0.2) is 0 Å². The van der Waals surface area contributed by atoms with Crippen LogP contribution in [0.15, 0.2) is 35.3 Å². The van der Waals surface area contributed by atoms with E-state index < -0.39 is 5.54 Å². The highest BCUT2D eigenvalue weighted by Gasteiger charge is 2.48. The summed E-state index contributed by atoms with van der Waals surface area (Å²) >= 11 is 0. The van der Waals surface area contributed by atoms with Gasteiger partial charge in [0.05, 0.1) is 0 Å². The van der Waals surface area contributed by atoms with Crippen LogP contribution in [0.2, 0.25) is 0 Å². The quantitative estimate of drug-likeness (QED) is 0.845. The van der Waals surface area contributed by atoms with Crippen LogP contribution >= 0.6 is 0 Å². The number of nitrogens with zero attached hydrogens (tertiary/aromatic N) is 3. The van der Waals surface area contributed by atoms with Crippen molar-refractivity contribution in [1.29, 1.82) is 0 Å². The highest BCUT2D eigenvalue weighted by atomic mass is 16.2. The van der Waals surface area contributed by atoms with E-state index in [1.165, 1.54) is 0 Å². The Morgan fingerprint density at radius 3 is 2.44 bits per heavy atom. The molecule has 0 radical (unpaired) electrons. The number of aliphatic imine (C=N–C) groups is 1. The van der Waals surface area contributed by atoms with Gasteiger partial charge < -0.3 is 9.80 Å². The van der Waals surface area contributed by atoms with Crippen molar-refractivity contribution in [3.8, 4) is 0 Å². The Bertz CT molecular complexity index is 675. The molecule has 1 aromatic rings. The Hall–Kier alpha value is -2.17. The molecule has 3 rings (SSSR count). The van der Waals surface area contributed by atoms with Crippen LogP contribution < -0.4 is 0 Å². The highest BCUT2D eigenvalue weighted by Crippen LogP contribution is 2.40. The molecule has 1 heterocycles. The molecule has 1 aliphatic carbocycles. The Balaban J connectivity index is 1.64. The summed E-state index contributed by atoms with van der Waals surface area (Å²) in [5.41, 5.74) is 0.546. The molecule has 1 spiro atoms. The van der Waals surface area contributed by atoms with E-state index in [0.717, 1.165) is 24.2 Å². The first-order valence-electron chi connectivity index (χ1n) is 9.14. The molecule has 2 amide bonds. The minimum atomic E-state index is -0.605. The fourth-order valence-electron chi connectivity index (χ4n) is 3.97. The standard InChI is InChI=1S/C20H27N3O2/c1-4-23(14-16-8-6-5-7-9-16)18(24)17-10-12-20(13-11-17)19(25)22(3)15(2)21-20/h5-9,17H,4,10-14H2,1-3H3. The molecule has 1 aromatic carbocycles. The SMILES string of the molecule is CCN(Cc1ccccc1)C(=O)C1CCC2(CC1)N=C(C)N(C)C2=O. The van der Waals surface area contributed by atoms with Crippen molar-refractivity contribution in [2.75, 3.05) is 13.6 Å². The molecule has 0 atom stereocenters. The number of hydrogen-bond acceptors (Lipinski definition) is 3. The molecule has 0 aromatic heterocycles. The molecular weight excluding hydrogens is 314 g/mol. The van der Waals surface area contributed by atoms with Crippen LogP contribution in [0.4, 0.5) is 0 Å². The summed E-state index contributed by atoms with van der Waals surface area (Å²) in [6.45, 7) is 5.25. The molecule has 0 bridgehead atoms. The number of carbonyl (C=O) groups excluding carboxylic acids is 2. The Labute approximate surface area is 149 Å². The molecule has 0 N–H and O–H groups in total. The molecular formula is C20H27N3O2. The van der Waals surface area contributed by atoms with Gasteiger partial charge in [0.2, 0.25) is 5.91 Å². The maximum atomic E-state index is 12.9. The van der Waals surface area contributed by atoms with Crippen molar-refractivity contribution in [1.82, 2.24) is 9.80 Å². The molecule has 2 aliphatic rings. The molecule has 1 fully saturated rings. The third kappa shape index (κ3) is 3.32. The fraction of sp³-hybridized carbons (Fsp3) is 0.550. The molecule has 25 heavy (non-hydrogen) atoms. The molecule has 5 heteroatoms. The van der Waals surface area contributed by atoms with Crippen molar-refractivity contribution in [3.63, 3.8) is 0 Å². The largest absolute Gasteiger partial charge is 0.338 e. The van der Waals surface area contributed by atoms with Crippen LogP contribution in [0.1, 0.15) is 45.1 Å². The average molecular weight is 341 g/mol. The van der Waals surface area contributed by atoms with Gasteiger partial charge in [-0.1, -0.05) is 30.3 Å². The van der Waals surface area contributed by atoms with Crippen LogP contribution in [-0.4, -0.2) is 46.6 Å². The lowest BCUT2D eigenvalue weighted by atomic mass is 9.76. The maximum Gasteiger partial charge on any atom is 0.255 e. The topological polar surface area (TPSA) is 53.0 Å². The lowest BCUT2D eigenvalue weighted by Crippen LogP contribution is -2.46. The van der Waals surface area contributed by atoms with Crippen molar-refractivity contribution in [3.05, 3.63) is 35.9 Å². The average Bonchev–Trinajstić information content (AvgIpc) is 2.84. The van der Waals surface area contributed by atoms with Crippen LogP contribution in [-0.2, 0) is 16.1 Å². The van der Waals surface area contributed by atoms with Gasteiger partial charge >= 0.3 is 0 Å². The van der Waals surface area contributed by atoms with Gasteiger partial charge in [-0.2, -0.15) is 0 Å². The first-order chi connectivity index (χ1) is 12.0. The van der Waals surface area contributed by atoms with Crippen molar-refractivity contribution in [2.24, 2.45) is 10.9 Å². The summed E-state index contributed by atoms with van der Waals surface area (Å²) in [7, 11) is 1.78. The van der Waals surface area contributed by atoms with Crippen LogP contribution in [0.3, 0.4) is 0 Å². The third-order valence-corrected chi connectivity index (χ3v) is 5.64. The molecule has 5 nitrogen and oxygen atoms in total. The summed E-state index contributed by atoms with van der Waals surface area (Å²) < 4.78 is 0. The first-order valence-corrected chi connectivity index (χ1v) is 9.14. The number of rotatable bonds is 4. The number of hydrogen-bond donors (Lipinski definition) is 0. The summed E-state index contributed by atoms with van der Waals surface area (Å²) in [4.78, 5) is 33.7. The molecule has 1 aliphatic heterocycles. The third-order valence-electron chi connectivity index (χ3n) is 5.64. The number of amidine groups is 1. The summed E-state index contributed by atoms with van der Waals surface area (Å²) in [6, 6.07) is 10.1. The van der Waals surface area contributed by atoms with E-state index >= 15 is 0 Å². The number of likely N-dealkylation sites (N-methyl/N-ethyl adjacent to an activating group) is 1. The minimum Gasteiger partial charge on any atom is -0.338 e. The van der Waals surface area contributed by atoms with Gasteiger partial charge in [-0.05, 0) is 45.1 Å². The van der Waals surface area contributed by atoms with Crippen LogP contribution in [0.5, 0.6) is 0 Å². The van der Waals surface area contributed by atoms with Crippen molar-refractivity contribution < 1.29 is 9.59 Å². The zero-order valence-electron chi connectivity index (χ0n) is 15.4. The zero-order valence-corrected chi connectivity index (χ0v) is 15.4. The first kappa shape index (κ1) is 17.6. The minimum absolute atomic E-state index is 0.00324. The summed E-state index contributed by atoms with van der Waals surface area (Å²) in [5.74, 6) is 1.09. The lowest BCUT2D eigenvalue weighted by molar-refractivity contribution is -0.139. The van der Waals surface area contributed by atoms with Gasteiger partial charge in [-0.3, -0.25) is 14.6 Å². The lowest BCUT2D eigenvalue weighted by Gasteiger charge is -2.35. The summed E-state index contributed by atoms with van der Waals surface area (Å²) in [5, 5.41) is 0.